The topological polar surface area (TPSA) is 75.2 Å². The summed E-state index contributed by atoms with van der Waals surface area (Å²) in [5, 5.41) is 8.73. The molecule has 1 atom stereocenters. The molecule has 7 nitrogen and oxygen atoms in total. The number of benzene rings is 1. The zero-order chi connectivity index (χ0) is 19.0. The Hall–Kier alpha value is -2.67. The standard InChI is InChI=1S/C20H24N4O3/c1-5-25-15-8-6-13(7-9-15)17-11-24-14(12-26-17)10-16(22-24)18-21-19(23-27-18)20(2,3)4/h6-10,17H,5,11-12H2,1-4H3/t17-/m1/s1. The molecule has 27 heavy (non-hydrogen) atoms. The van der Waals surface area contributed by atoms with Crippen LogP contribution in [0.25, 0.3) is 11.6 Å². The zero-order valence-electron chi connectivity index (χ0n) is 16.1. The van der Waals surface area contributed by atoms with Crippen LogP contribution in [0.1, 0.15) is 50.9 Å². The van der Waals surface area contributed by atoms with Gasteiger partial charge in [0.25, 0.3) is 5.89 Å². The van der Waals surface area contributed by atoms with E-state index in [1.165, 1.54) is 0 Å². The second kappa shape index (κ2) is 6.81. The van der Waals surface area contributed by atoms with Crippen LogP contribution in [0, 0.1) is 0 Å². The van der Waals surface area contributed by atoms with E-state index in [2.05, 4.69) is 36.0 Å². The van der Waals surface area contributed by atoms with Crippen LogP contribution in [0.4, 0.5) is 0 Å². The van der Waals surface area contributed by atoms with Crippen molar-refractivity contribution in [3.63, 3.8) is 0 Å². The first-order valence-corrected chi connectivity index (χ1v) is 9.19. The van der Waals surface area contributed by atoms with Gasteiger partial charge in [-0.3, -0.25) is 4.68 Å². The van der Waals surface area contributed by atoms with Crippen molar-refractivity contribution in [2.45, 2.75) is 52.4 Å². The molecule has 2 aromatic heterocycles. The molecule has 3 heterocycles. The summed E-state index contributed by atoms with van der Waals surface area (Å²) in [6, 6.07) is 9.98. The highest BCUT2D eigenvalue weighted by Crippen LogP contribution is 2.30. The average Bonchev–Trinajstić information content (AvgIpc) is 3.28. The van der Waals surface area contributed by atoms with Crippen LogP contribution >= 0.6 is 0 Å². The van der Waals surface area contributed by atoms with Crippen molar-refractivity contribution < 1.29 is 14.0 Å². The van der Waals surface area contributed by atoms with Crippen LogP contribution in [0.3, 0.4) is 0 Å². The van der Waals surface area contributed by atoms with Gasteiger partial charge in [0.05, 0.1) is 25.5 Å². The Morgan fingerprint density at radius 3 is 2.67 bits per heavy atom. The van der Waals surface area contributed by atoms with Gasteiger partial charge in [-0.1, -0.05) is 38.1 Å². The molecule has 0 bridgehead atoms. The minimum atomic E-state index is -0.164. The van der Waals surface area contributed by atoms with E-state index in [0.29, 0.717) is 37.2 Å². The first kappa shape index (κ1) is 17.7. The largest absolute Gasteiger partial charge is 0.494 e. The second-order valence-corrected chi connectivity index (χ2v) is 7.68. The van der Waals surface area contributed by atoms with Crippen LogP contribution in [0.5, 0.6) is 5.75 Å². The summed E-state index contributed by atoms with van der Waals surface area (Å²) in [7, 11) is 0. The van der Waals surface area contributed by atoms with Crippen molar-refractivity contribution in [1.29, 1.82) is 0 Å². The van der Waals surface area contributed by atoms with Gasteiger partial charge in [-0.15, -0.1) is 0 Å². The molecular formula is C20H24N4O3. The summed E-state index contributed by atoms with van der Waals surface area (Å²) in [4.78, 5) is 4.49. The SMILES string of the molecule is CCOc1ccc([C@H]2Cn3nc(-c4nc(C(C)(C)C)no4)cc3CO2)cc1. The molecule has 1 aromatic carbocycles. The molecule has 0 saturated heterocycles. The van der Waals surface area contributed by atoms with Gasteiger partial charge in [-0.05, 0) is 30.7 Å². The van der Waals surface area contributed by atoms with Crippen LogP contribution in [-0.4, -0.2) is 26.5 Å². The lowest BCUT2D eigenvalue weighted by molar-refractivity contribution is -0.00115. The normalized spacial score (nSPS) is 17.0. The van der Waals surface area contributed by atoms with Gasteiger partial charge < -0.3 is 14.0 Å². The number of nitrogens with zero attached hydrogens (tertiary/aromatic N) is 4. The van der Waals surface area contributed by atoms with Crippen molar-refractivity contribution in [3.05, 3.63) is 47.4 Å². The molecule has 0 aliphatic carbocycles. The lowest BCUT2D eigenvalue weighted by Crippen LogP contribution is -2.21. The molecule has 0 fully saturated rings. The maximum atomic E-state index is 6.03. The molecular weight excluding hydrogens is 344 g/mol. The summed E-state index contributed by atoms with van der Waals surface area (Å²) >= 11 is 0. The van der Waals surface area contributed by atoms with E-state index in [1.807, 2.05) is 41.9 Å². The maximum absolute atomic E-state index is 6.03. The lowest BCUT2D eigenvalue weighted by Gasteiger charge is -2.24. The fourth-order valence-electron chi connectivity index (χ4n) is 3.01. The van der Waals surface area contributed by atoms with Gasteiger partial charge in [0, 0.05) is 5.41 Å². The highest BCUT2D eigenvalue weighted by molar-refractivity contribution is 5.47. The first-order valence-electron chi connectivity index (χ1n) is 9.19. The number of ether oxygens (including phenoxy) is 2. The van der Waals surface area contributed by atoms with Crippen molar-refractivity contribution in [3.8, 4) is 17.3 Å². The Morgan fingerprint density at radius 1 is 1.22 bits per heavy atom. The average molecular weight is 368 g/mol. The number of hydrogen-bond acceptors (Lipinski definition) is 6. The number of fused-ring (bicyclic) bond motifs is 1. The molecule has 0 saturated carbocycles. The van der Waals surface area contributed by atoms with Gasteiger partial charge in [0.2, 0.25) is 0 Å². The van der Waals surface area contributed by atoms with Gasteiger partial charge in [-0.2, -0.15) is 10.1 Å². The zero-order valence-corrected chi connectivity index (χ0v) is 16.1. The molecule has 7 heteroatoms. The van der Waals surface area contributed by atoms with Crippen LogP contribution in [0.2, 0.25) is 0 Å². The minimum Gasteiger partial charge on any atom is -0.494 e. The Labute approximate surface area is 158 Å². The van der Waals surface area contributed by atoms with E-state index in [0.717, 1.165) is 17.0 Å². The fraction of sp³-hybridized carbons (Fsp3) is 0.450. The van der Waals surface area contributed by atoms with E-state index in [9.17, 15) is 0 Å². The van der Waals surface area contributed by atoms with E-state index in [4.69, 9.17) is 14.0 Å². The summed E-state index contributed by atoms with van der Waals surface area (Å²) in [6.45, 7) is 9.92. The Morgan fingerprint density at radius 2 is 2.00 bits per heavy atom. The molecule has 1 aliphatic heterocycles. The molecule has 1 aliphatic rings. The highest BCUT2D eigenvalue weighted by atomic mass is 16.5. The molecule has 4 rings (SSSR count). The highest BCUT2D eigenvalue weighted by Gasteiger charge is 2.26. The van der Waals surface area contributed by atoms with Crippen molar-refractivity contribution in [2.75, 3.05) is 6.61 Å². The van der Waals surface area contributed by atoms with Gasteiger partial charge in [-0.25, -0.2) is 0 Å². The molecule has 0 N–H and O–H groups in total. The Kier molecular flexibility index (Phi) is 4.47. The quantitative estimate of drug-likeness (QED) is 0.695. The number of hydrogen-bond donors (Lipinski definition) is 0. The van der Waals surface area contributed by atoms with Crippen LogP contribution in [0.15, 0.2) is 34.9 Å². The van der Waals surface area contributed by atoms with Crippen LogP contribution in [-0.2, 0) is 23.3 Å². The summed E-state index contributed by atoms with van der Waals surface area (Å²) < 4.78 is 18.9. The molecule has 142 valence electrons. The summed E-state index contributed by atoms with van der Waals surface area (Å²) in [6.07, 6.45) is -0.0475. The Bertz CT molecular complexity index is 922. The Balaban J connectivity index is 1.53. The van der Waals surface area contributed by atoms with E-state index < -0.39 is 0 Å². The monoisotopic (exact) mass is 368 g/mol. The predicted molar refractivity (Wildman–Crippen MR) is 99.4 cm³/mol. The molecule has 0 amide bonds. The summed E-state index contributed by atoms with van der Waals surface area (Å²) in [5.41, 5.74) is 2.63. The molecule has 0 spiro atoms. The smallest absolute Gasteiger partial charge is 0.278 e. The molecule has 0 radical (unpaired) electrons. The number of aromatic nitrogens is 4. The minimum absolute atomic E-state index is 0.0475. The van der Waals surface area contributed by atoms with Gasteiger partial charge >= 0.3 is 0 Å². The lowest BCUT2D eigenvalue weighted by atomic mass is 9.96. The van der Waals surface area contributed by atoms with Crippen molar-refractivity contribution in [2.24, 2.45) is 0 Å². The van der Waals surface area contributed by atoms with E-state index >= 15 is 0 Å². The first-order chi connectivity index (χ1) is 12.9. The third kappa shape index (κ3) is 3.60. The van der Waals surface area contributed by atoms with Crippen molar-refractivity contribution in [1.82, 2.24) is 19.9 Å². The summed E-state index contributed by atoms with van der Waals surface area (Å²) in [5.74, 6) is 1.98. The molecule has 0 unspecified atom stereocenters. The maximum Gasteiger partial charge on any atom is 0.278 e. The van der Waals surface area contributed by atoms with Gasteiger partial charge in [0.15, 0.2) is 11.5 Å². The predicted octanol–water partition coefficient (Wildman–Crippen LogP) is 3.90. The van der Waals surface area contributed by atoms with Crippen LogP contribution < -0.4 is 4.74 Å². The third-order valence-corrected chi connectivity index (χ3v) is 4.51. The fourth-order valence-corrected chi connectivity index (χ4v) is 3.01. The third-order valence-electron chi connectivity index (χ3n) is 4.51. The van der Waals surface area contributed by atoms with E-state index in [-0.39, 0.29) is 11.5 Å². The second-order valence-electron chi connectivity index (χ2n) is 7.68. The van der Waals surface area contributed by atoms with Gasteiger partial charge in [0.1, 0.15) is 11.9 Å². The number of rotatable bonds is 4. The van der Waals surface area contributed by atoms with Crippen molar-refractivity contribution >= 4 is 0 Å². The molecule has 3 aromatic rings. The van der Waals surface area contributed by atoms with E-state index in [1.54, 1.807) is 0 Å².